The van der Waals surface area contributed by atoms with Gasteiger partial charge in [0.05, 0.1) is 18.4 Å². The van der Waals surface area contributed by atoms with Crippen LogP contribution in [0.1, 0.15) is 35.4 Å². The molecule has 2 aromatic rings. The first kappa shape index (κ1) is 15.4. The second-order valence-electron chi connectivity index (χ2n) is 6.71. The van der Waals surface area contributed by atoms with Gasteiger partial charge in [-0.2, -0.15) is 0 Å². The van der Waals surface area contributed by atoms with Gasteiger partial charge in [0.25, 0.3) is 5.91 Å². The SMILES string of the molecule is O=C(c1ccco1)N1CC[C@@H](OCC2CC2)[C@@H]1Cc1cccnc1. The summed E-state index contributed by atoms with van der Waals surface area (Å²) in [5, 5.41) is 0. The maximum Gasteiger partial charge on any atom is 0.289 e. The van der Waals surface area contributed by atoms with E-state index in [1.54, 1.807) is 24.6 Å². The lowest BCUT2D eigenvalue weighted by Gasteiger charge is -2.28. The fourth-order valence-electron chi connectivity index (χ4n) is 3.36. The summed E-state index contributed by atoms with van der Waals surface area (Å²) in [7, 11) is 0. The van der Waals surface area contributed by atoms with Crippen molar-refractivity contribution in [3.05, 3.63) is 54.2 Å². The molecule has 2 aromatic heterocycles. The number of furan rings is 1. The first-order chi connectivity index (χ1) is 11.8. The molecule has 3 heterocycles. The number of likely N-dealkylation sites (tertiary alicyclic amines) is 1. The van der Waals surface area contributed by atoms with Gasteiger partial charge in [-0.15, -0.1) is 0 Å². The van der Waals surface area contributed by atoms with Crippen LogP contribution in [0.3, 0.4) is 0 Å². The van der Waals surface area contributed by atoms with Crippen LogP contribution in [0.15, 0.2) is 47.3 Å². The average Bonchev–Trinajstić information content (AvgIpc) is 3.12. The van der Waals surface area contributed by atoms with Crippen molar-refractivity contribution in [3.8, 4) is 0 Å². The molecule has 0 N–H and O–H groups in total. The topological polar surface area (TPSA) is 55.6 Å². The second-order valence-corrected chi connectivity index (χ2v) is 6.71. The Kier molecular flexibility index (Phi) is 4.34. The Bertz CT molecular complexity index is 667. The summed E-state index contributed by atoms with van der Waals surface area (Å²) in [6, 6.07) is 7.50. The van der Waals surface area contributed by atoms with Crippen LogP contribution >= 0.6 is 0 Å². The summed E-state index contributed by atoms with van der Waals surface area (Å²) in [6.45, 7) is 1.52. The van der Waals surface area contributed by atoms with Crippen molar-refractivity contribution in [1.29, 1.82) is 0 Å². The molecule has 5 heteroatoms. The molecule has 1 aliphatic heterocycles. The molecule has 1 aliphatic carbocycles. The third kappa shape index (κ3) is 3.36. The van der Waals surface area contributed by atoms with Crippen LogP contribution in [-0.2, 0) is 11.2 Å². The lowest BCUT2D eigenvalue weighted by atomic mass is 10.0. The van der Waals surface area contributed by atoms with Gasteiger partial charge < -0.3 is 14.1 Å². The molecule has 0 radical (unpaired) electrons. The molecule has 0 bridgehead atoms. The zero-order valence-corrected chi connectivity index (χ0v) is 13.6. The summed E-state index contributed by atoms with van der Waals surface area (Å²) in [5.41, 5.74) is 1.13. The molecule has 0 aromatic carbocycles. The summed E-state index contributed by atoms with van der Waals surface area (Å²) < 4.78 is 11.5. The Labute approximate surface area is 141 Å². The largest absolute Gasteiger partial charge is 0.459 e. The molecule has 0 spiro atoms. The number of ether oxygens (including phenoxy) is 1. The molecule has 2 atom stereocenters. The minimum Gasteiger partial charge on any atom is -0.459 e. The predicted molar refractivity (Wildman–Crippen MR) is 88.6 cm³/mol. The van der Waals surface area contributed by atoms with E-state index in [2.05, 4.69) is 11.1 Å². The van der Waals surface area contributed by atoms with Gasteiger partial charge in [-0.25, -0.2) is 0 Å². The minimum absolute atomic E-state index is 0.0329. The van der Waals surface area contributed by atoms with Gasteiger partial charge in [0.15, 0.2) is 5.76 Å². The zero-order valence-electron chi connectivity index (χ0n) is 13.6. The number of pyridine rings is 1. The molecule has 126 valence electrons. The molecule has 24 heavy (non-hydrogen) atoms. The van der Waals surface area contributed by atoms with Crippen molar-refractivity contribution in [2.75, 3.05) is 13.2 Å². The lowest BCUT2D eigenvalue weighted by Crippen LogP contribution is -2.42. The molecule has 1 amide bonds. The Morgan fingerprint density at radius 2 is 2.21 bits per heavy atom. The van der Waals surface area contributed by atoms with E-state index in [-0.39, 0.29) is 18.1 Å². The fraction of sp³-hybridized carbons (Fsp3) is 0.474. The van der Waals surface area contributed by atoms with Gasteiger partial charge in [0, 0.05) is 25.5 Å². The minimum atomic E-state index is -0.0496. The third-order valence-electron chi connectivity index (χ3n) is 4.89. The molecule has 1 saturated heterocycles. The number of amides is 1. The fourth-order valence-corrected chi connectivity index (χ4v) is 3.36. The van der Waals surface area contributed by atoms with Crippen LogP contribution in [-0.4, -0.2) is 41.1 Å². The number of carbonyl (C=O) groups is 1. The van der Waals surface area contributed by atoms with E-state index >= 15 is 0 Å². The number of aromatic nitrogens is 1. The highest BCUT2D eigenvalue weighted by molar-refractivity contribution is 5.92. The van der Waals surface area contributed by atoms with E-state index in [4.69, 9.17) is 9.15 Å². The van der Waals surface area contributed by atoms with Crippen LogP contribution in [0.4, 0.5) is 0 Å². The number of carbonyl (C=O) groups excluding carboxylic acids is 1. The normalized spacial score (nSPS) is 23.6. The van der Waals surface area contributed by atoms with Crippen molar-refractivity contribution >= 4 is 5.91 Å². The molecular formula is C19H22N2O3. The van der Waals surface area contributed by atoms with Gasteiger partial charge in [0.2, 0.25) is 0 Å². The van der Waals surface area contributed by atoms with Crippen LogP contribution in [0, 0.1) is 5.92 Å². The Morgan fingerprint density at radius 1 is 1.29 bits per heavy atom. The van der Waals surface area contributed by atoms with E-state index in [0.29, 0.717) is 12.3 Å². The van der Waals surface area contributed by atoms with Gasteiger partial charge in [0.1, 0.15) is 0 Å². The maximum atomic E-state index is 12.8. The maximum absolute atomic E-state index is 12.8. The lowest BCUT2D eigenvalue weighted by molar-refractivity contribution is 0.0192. The van der Waals surface area contributed by atoms with E-state index in [9.17, 15) is 4.79 Å². The highest BCUT2D eigenvalue weighted by Gasteiger charge is 2.39. The number of rotatable bonds is 6. The molecule has 4 rings (SSSR count). The highest BCUT2D eigenvalue weighted by atomic mass is 16.5. The van der Waals surface area contributed by atoms with Crippen molar-refractivity contribution in [3.63, 3.8) is 0 Å². The van der Waals surface area contributed by atoms with Crippen LogP contribution in [0.2, 0.25) is 0 Å². The van der Waals surface area contributed by atoms with Crippen LogP contribution in [0.25, 0.3) is 0 Å². The first-order valence-electron chi connectivity index (χ1n) is 8.66. The number of nitrogens with zero attached hydrogens (tertiary/aromatic N) is 2. The van der Waals surface area contributed by atoms with E-state index < -0.39 is 0 Å². The zero-order chi connectivity index (χ0) is 16.4. The average molecular weight is 326 g/mol. The van der Waals surface area contributed by atoms with E-state index in [1.165, 1.54) is 12.8 Å². The van der Waals surface area contributed by atoms with Crippen molar-refractivity contribution in [1.82, 2.24) is 9.88 Å². The van der Waals surface area contributed by atoms with Crippen molar-refractivity contribution in [2.24, 2.45) is 5.92 Å². The van der Waals surface area contributed by atoms with Gasteiger partial charge in [-0.3, -0.25) is 9.78 Å². The molecule has 1 saturated carbocycles. The predicted octanol–water partition coefficient (Wildman–Crippen LogP) is 2.93. The summed E-state index contributed by atoms with van der Waals surface area (Å²) in [6.07, 6.45) is 9.45. The molecule has 2 fully saturated rings. The monoisotopic (exact) mass is 326 g/mol. The number of hydrogen-bond donors (Lipinski definition) is 0. The van der Waals surface area contributed by atoms with Crippen molar-refractivity contribution in [2.45, 2.75) is 37.8 Å². The Hall–Kier alpha value is -2.14. The highest BCUT2D eigenvalue weighted by Crippen LogP contribution is 2.32. The summed E-state index contributed by atoms with van der Waals surface area (Å²) >= 11 is 0. The quantitative estimate of drug-likeness (QED) is 0.819. The van der Waals surface area contributed by atoms with Gasteiger partial charge in [-0.05, 0) is 55.4 Å². The third-order valence-corrected chi connectivity index (χ3v) is 4.89. The van der Waals surface area contributed by atoms with Crippen LogP contribution < -0.4 is 0 Å². The standard InChI is InChI=1S/C19H22N2O3/c22-19(18-4-2-10-23-18)21-9-7-17(24-13-14-5-6-14)16(21)11-15-3-1-8-20-12-15/h1-4,8,10,12,14,16-17H,5-7,9,11,13H2/t16-,17+/m0/s1. The molecule has 5 nitrogen and oxygen atoms in total. The molecular weight excluding hydrogens is 304 g/mol. The summed E-state index contributed by atoms with van der Waals surface area (Å²) in [4.78, 5) is 18.9. The first-order valence-corrected chi connectivity index (χ1v) is 8.66. The Morgan fingerprint density at radius 3 is 2.92 bits per heavy atom. The number of hydrogen-bond acceptors (Lipinski definition) is 4. The van der Waals surface area contributed by atoms with E-state index in [0.717, 1.165) is 30.9 Å². The molecule has 2 aliphatic rings. The smallest absolute Gasteiger partial charge is 0.289 e. The van der Waals surface area contributed by atoms with Crippen molar-refractivity contribution < 1.29 is 13.9 Å². The van der Waals surface area contributed by atoms with Gasteiger partial charge in [-0.1, -0.05) is 6.07 Å². The van der Waals surface area contributed by atoms with E-state index in [1.807, 2.05) is 17.2 Å². The van der Waals surface area contributed by atoms with Gasteiger partial charge >= 0.3 is 0 Å². The Balaban J connectivity index is 1.51. The summed E-state index contributed by atoms with van der Waals surface area (Å²) in [5.74, 6) is 1.07. The van der Waals surface area contributed by atoms with Crippen LogP contribution in [0.5, 0.6) is 0 Å². The second kappa shape index (κ2) is 6.77. The molecule has 0 unspecified atom stereocenters.